The Hall–Kier alpha value is -0.900. The van der Waals surface area contributed by atoms with Gasteiger partial charge in [-0.15, -0.1) is 0 Å². The van der Waals surface area contributed by atoms with E-state index < -0.39 is 0 Å². The molecule has 0 aliphatic rings. The molecule has 4 heteroatoms. The fraction of sp³-hybridized carbons (Fsp3) is 0.571. The van der Waals surface area contributed by atoms with Crippen molar-refractivity contribution >= 4 is 21.8 Å². The van der Waals surface area contributed by atoms with Crippen molar-refractivity contribution in [3.8, 4) is 0 Å². The molecule has 0 fully saturated rings. The maximum absolute atomic E-state index is 12.2. The lowest BCUT2D eigenvalue weighted by atomic mass is 9.85. The average Bonchev–Trinajstić information content (AvgIpc) is 2.27. The van der Waals surface area contributed by atoms with Crippen LogP contribution in [0.5, 0.6) is 0 Å². The normalized spacial score (nSPS) is 13.2. The van der Waals surface area contributed by atoms with E-state index in [-0.39, 0.29) is 17.4 Å². The molecule has 0 radical (unpaired) electrons. The molecule has 1 aromatic rings. The quantitative estimate of drug-likeness (QED) is 0.867. The van der Waals surface area contributed by atoms with Crippen LogP contribution in [0, 0.1) is 12.3 Å². The van der Waals surface area contributed by atoms with E-state index in [4.69, 9.17) is 0 Å². The van der Waals surface area contributed by atoms with Crippen LogP contribution in [-0.2, 0) is 0 Å². The molecule has 0 spiro atoms. The Bertz CT molecular complexity index is 413. The van der Waals surface area contributed by atoms with E-state index in [1.807, 2.05) is 19.1 Å². The largest absolute Gasteiger partial charge is 0.347 e. The molecule has 1 atom stereocenters. The predicted molar refractivity (Wildman–Crippen MR) is 78.1 cm³/mol. The Kier molecular flexibility index (Phi) is 5.32. The van der Waals surface area contributed by atoms with Crippen LogP contribution in [0.25, 0.3) is 0 Å². The molecule has 1 rings (SSSR count). The summed E-state index contributed by atoms with van der Waals surface area (Å²) in [7, 11) is 0. The highest BCUT2D eigenvalue weighted by atomic mass is 79.9. The Morgan fingerprint density at radius 3 is 2.67 bits per heavy atom. The molecular weight excluding hydrogens is 292 g/mol. The van der Waals surface area contributed by atoms with Gasteiger partial charge in [0.1, 0.15) is 5.69 Å². The average molecular weight is 313 g/mol. The lowest BCUT2D eigenvalue weighted by Crippen LogP contribution is -2.44. The molecule has 18 heavy (non-hydrogen) atoms. The Morgan fingerprint density at radius 2 is 2.17 bits per heavy atom. The number of aromatic nitrogens is 1. The lowest BCUT2D eigenvalue weighted by Gasteiger charge is -2.31. The van der Waals surface area contributed by atoms with Crippen molar-refractivity contribution in [2.45, 2.75) is 40.2 Å². The van der Waals surface area contributed by atoms with Crippen LogP contribution in [0.4, 0.5) is 0 Å². The second-order valence-corrected chi connectivity index (χ2v) is 6.33. The van der Waals surface area contributed by atoms with Gasteiger partial charge in [-0.2, -0.15) is 0 Å². The number of hydrogen-bond acceptors (Lipinski definition) is 2. The lowest BCUT2D eigenvalue weighted by molar-refractivity contribution is 0.0895. The van der Waals surface area contributed by atoms with Crippen LogP contribution >= 0.6 is 15.9 Å². The van der Waals surface area contributed by atoms with Crippen LogP contribution in [0.15, 0.2) is 18.3 Å². The van der Waals surface area contributed by atoms with Crippen molar-refractivity contribution in [1.82, 2.24) is 10.3 Å². The summed E-state index contributed by atoms with van der Waals surface area (Å²) in [6.07, 6.45) is 2.56. The number of carbonyl (C=O) groups excluding carboxylic acids is 1. The summed E-state index contributed by atoms with van der Waals surface area (Å²) in [5.41, 5.74) is 1.45. The van der Waals surface area contributed by atoms with E-state index in [0.29, 0.717) is 5.69 Å². The summed E-state index contributed by atoms with van der Waals surface area (Å²) >= 11 is 3.44. The summed E-state index contributed by atoms with van der Waals surface area (Å²) in [5.74, 6) is -0.0889. The number of pyridine rings is 1. The highest BCUT2D eigenvalue weighted by Crippen LogP contribution is 2.23. The number of nitrogens with zero attached hydrogens (tertiary/aromatic N) is 1. The number of carbonyl (C=O) groups is 1. The van der Waals surface area contributed by atoms with Gasteiger partial charge in [0, 0.05) is 17.6 Å². The summed E-state index contributed by atoms with van der Waals surface area (Å²) in [6.45, 7) is 8.29. The minimum Gasteiger partial charge on any atom is -0.347 e. The van der Waals surface area contributed by atoms with E-state index in [1.165, 1.54) is 0 Å². The minimum atomic E-state index is -0.0889. The first-order chi connectivity index (χ1) is 8.36. The molecule has 0 aliphatic carbocycles. The molecule has 0 aliphatic heterocycles. The van der Waals surface area contributed by atoms with Gasteiger partial charge in [-0.1, -0.05) is 42.8 Å². The fourth-order valence-electron chi connectivity index (χ4n) is 1.78. The predicted octanol–water partition coefficient (Wildman–Crippen LogP) is 3.32. The molecule has 1 heterocycles. The summed E-state index contributed by atoms with van der Waals surface area (Å²) in [5, 5.41) is 3.96. The van der Waals surface area contributed by atoms with Gasteiger partial charge >= 0.3 is 0 Å². The Morgan fingerprint density at radius 1 is 1.50 bits per heavy atom. The van der Waals surface area contributed by atoms with Gasteiger partial charge in [0.05, 0.1) is 0 Å². The zero-order chi connectivity index (χ0) is 13.8. The number of nitrogens with one attached hydrogen (secondary N) is 1. The van der Waals surface area contributed by atoms with E-state index in [1.54, 1.807) is 6.20 Å². The van der Waals surface area contributed by atoms with Crippen LogP contribution in [-0.4, -0.2) is 22.3 Å². The van der Waals surface area contributed by atoms with Gasteiger partial charge in [-0.25, -0.2) is 0 Å². The van der Waals surface area contributed by atoms with Gasteiger partial charge in [-0.05, 0) is 30.4 Å². The van der Waals surface area contributed by atoms with Crippen LogP contribution in [0.3, 0.4) is 0 Å². The first kappa shape index (κ1) is 15.2. The minimum absolute atomic E-state index is 0.0338. The molecule has 0 aromatic carbocycles. The van der Waals surface area contributed by atoms with Crippen molar-refractivity contribution in [3.05, 3.63) is 29.6 Å². The van der Waals surface area contributed by atoms with Gasteiger partial charge in [0.2, 0.25) is 0 Å². The van der Waals surface area contributed by atoms with Gasteiger partial charge in [-0.3, -0.25) is 9.78 Å². The van der Waals surface area contributed by atoms with Crippen LogP contribution in [0.1, 0.15) is 43.2 Å². The molecule has 1 unspecified atom stereocenters. The van der Waals surface area contributed by atoms with Crippen molar-refractivity contribution in [2.24, 2.45) is 5.41 Å². The molecular formula is C14H21BrN2O. The second-order valence-electron chi connectivity index (χ2n) is 5.54. The molecule has 0 saturated carbocycles. The molecule has 0 saturated heterocycles. The molecule has 1 amide bonds. The summed E-state index contributed by atoms with van der Waals surface area (Å²) in [4.78, 5) is 16.4. The van der Waals surface area contributed by atoms with E-state index >= 15 is 0 Å². The van der Waals surface area contributed by atoms with Gasteiger partial charge in [0.25, 0.3) is 5.91 Å². The third kappa shape index (κ3) is 4.09. The molecule has 3 nitrogen and oxygen atoms in total. The number of hydrogen-bond donors (Lipinski definition) is 1. The zero-order valence-corrected chi connectivity index (χ0v) is 13.0. The van der Waals surface area contributed by atoms with E-state index in [9.17, 15) is 4.79 Å². The Balaban J connectivity index is 2.82. The van der Waals surface area contributed by atoms with Gasteiger partial charge < -0.3 is 5.32 Å². The zero-order valence-electron chi connectivity index (χ0n) is 11.5. The molecule has 100 valence electrons. The molecule has 1 aromatic heterocycles. The maximum atomic E-state index is 12.2. The SMILES string of the molecule is Cc1cccnc1C(=O)NC(CCBr)C(C)(C)C. The first-order valence-corrected chi connectivity index (χ1v) is 7.27. The van der Waals surface area contributed by atoms with Gasteiger partial charge in [0.15, 0.2) is 0 Å². The standard InChI is InChI=1S/C14H21BrN2O/c1-10-6-5-9-16-12(10)13(18)17-11(7-8-15)14(2,3)4/h5-6,9,11H,7-8H2,1-4H3,(H,17,18). The summed E-state index contributed by atoms with van der Waals surface area (Å²) < 4.78 is 0. The highest BCUT2D eigenvalue weighted by Gasteiger charge is 2.26. The molecule has 1 N–H and O–H groups in total. The van der Waals surface area contributed by atoms with Crippen LogP contribution < -0.4 is 5.32 Å². The van der Waals surface area contributed by atoms with Crippen molar-refractivity contribution in [3.63, 3.8) is 0 Å². The Labute approximate surface area is 118 Å². The summed E-state index contributed by atoms with van der Waals surface area (Å²) in [6, 6.07) is 3.87. The van der Waals surface area contributed by atoms with Crippen molar-refractivity contribution in [2.75, 3.05) is 5.33 Å². The first-order valence-electron chi connectivity index (χ1n) is 6.14. The van der Waals surface area contributed by atoms with Crippen LogP contribution in [0.2, 0.25) is 0 Å². The number of halogens is 1. The third-order valence-electron chi connectivity index (χ3n) is 2.97. The smallest absolute Gasteiger partial charge is 0.270 e. The number of rotatable bonds is 4. The van der Waals surface area contributed by atoms with E-state index in [2.05, 4.69) is 47.0 Å². The fourth-order valence-corrected chi connectivity index (χ4v) is 2.24. The topological polar surface area (TPSA) is 42.0 Å². The van der Waals surface area contributed by atoms with E-state index in [0.717, 1.165) is 17.3 Å². The number of aryl methyl sites for hydroxylation is 1. The monoisotopic (exact) mass is 312 g/mol. The third-order valence-corrected chi connectivity index (χ3v) is 3.43. The molecule has 0 bridgehead atoms. The number of amides is 1. The highest BCUT2D eigenvalue weighted by molar-refractivity contribution is 9.09. The maximum Gasteiger partial charge on any atom is 0.270 e. The second kappa shape index (κ2) is 6.32. The van der Waals surface area contributed by atoms with Crippen molar-refractivity contribution in [1.29, 1.82) is 0 Å². The van der Waals surface area contributed by atoms with Crippen molar-refractivity contribution < 1.29 is 4.79 Å². The number of alkyl halides is 1.